The number of carbonyl (C=O) groups is 4. The minimum atomic E-state index is -1.96. The van der Waals surface area contributed by atoms with Crippen molar-refractivity contribution in [3.8, 4) is 0 Å². The van der Waals surface area contributed by atoms with Gasteiger partial charge in [0.1, 0.15) is 0 Å². The Kier molecular flexibility index (Phi) is 2.26. The van der Waals surface area contributed by atoms with Crippen LogP contribution in [0, 0.1) is 5.92 Å². The van der Waals surface area contributed by atoms with Gasteiger partial charge in [0, 0.05) is 0 Å². The van der Waals surface area contributed by atoms with Crippen LogP contribution in [-0.4, -0.2) is 44.4 Å². The van der Waals surface area contributed by atoms with Gasteiger partial charge in [-0.15, -0.1) is 0 Å². The molecule has 2 atom stereocenters. The first-order valence-corrected chi connectivity index (χ1v) is 5.85. The van der Waals surface area contributed by atoms with Crippen LogP contribution in [-0.2, 0) is 9.59 Å². The summed E-state index contributed by atoms with van der Waals surface area (Å²) in [6, 6.07) is 5.96. The predicted octanol–water partition coefficient (Wildman–Crippen LogP) is 0.210. The van der Waals surface area contributed by atoms with Crippen molar-refractivity contribution >= 4 is 23.8 Å². The van der Waals surface area contributed by atoms with Gasteiger partial charge in [0.2, 0.25) is 0 Å². The lowest BCUT2D eigenvalue weighted by molar-refractivity contribution is -0.148. The number of aliphatic carboxylic acids is 2. The molecule has 7 nitrogen and oxygen atoms in total. The standard InChI is InChI=1S/C13H9NO6/c15-9-6-3-1-2-4-7(6)10(16)14(9)13(12(19)20)5-8(13)11(17)18/h1-4,8H,5H2,(H,17,18)(H,19,20)/t8-,13+/m0/s1. The van der Waals surface area contributed by atoms with Crippen LogP contribution in [0.3, 0.4) is 0 Å². The van der Waals surface area contributed by atoms with E-state index in [-0.39, 0.29) is 17.5 Å². The largest absolute Gasteiger partial charge is 0.481 e. The summed E-state index contributed by atoms with van der Waals surface area (Å²) in [5, 5.41) is 18.3. The van der Waals surface area contributed by atoms with E-state index in [2.05, 4.69) is 0 Å². The second kappa shape index (κ2) is 3.66. The van der Waals surface area contributed by atoms with Gasteiger partial charge in [0.15, 0.2) is 5.54 Å². The van der Waals surface area contributed by atoms with Gasteiger partial charge < -0.3 is 10.2 Å². The lowest BCUT2D eigenvalue weighted by Gasteiger charge is -2.22. The van der Waals surface area contributed by atoms with Gasteiger partial charge in [-0.25, -0.2) is 4.79 Å². The van der Waals surface area contributed by atoms with Gasteiger partial charge in [-0.3, -0.25) is 19.3 Å². The monoisotopic (exact) mass is 275 g/mol. The maximum Gasteiger partial charge on any atom is 0.331 e. The Balaban J connectivity index is 2.09. The van der Waals surface area contributed by atoms with Gasteiger partial charge in [0.05, 0.1) is 17.0 Å². The Bertz CT molecular complexity index is 646. The molecule has 0 bridgehead atoms. The molecule has 0 radical (unpaired) electrons. The van der Waals surface area contributed by atoms with E-state index in [0.29, 0.717) is 4.90 Å². The molecular weight excluding hydrogens is 266 g/mol. The highest BCUT2D eigenvalue weighted by molar-refractivity contribution is 6.24. The first-order chi connectivity index (χ1) is 9.41. The summed E-state index contributed by atoms with van der Waals surface area (Å²) in [7, 11) is 0. The predicted molar refractivity (Wildman–Crippen MR) is 63.1 cm³/mol. The highest BCUT2D eigenvalue weighted by Crippen LogP contribution is 2.51. The van der Waals surface area contributed by atoms with Gasteiger partial charge in [-0.2, -0.15) is 0 Å². The molecule has 102 valence electrons. The SMILES string of the molecule is O=C(O)[C@@H]1C[C@@]1(C(=O)O)N1C(=O)c2ccccc2C1=O. The molecule has 1 aliphatic carbocycles. The second-order valence-electron chi connectivity index (χ2n) is 4.82. The van der Waals surface area contributed by atoms with E-state index in [1.54, 1.807) is 12.1 Å². The molecule has 2 aliphatic rings. The molecule has 1 aliphatic heterocycles. The van der Waals surface area contributed by atoms with Gasteiger partial charge in [0.25, 0.3) is 11.8 Å². The number of imide groups is 1. The third-order valence-corrected chi connectivity index (χ3v) is 3.79. The summed E-state index contributed by atoms with van der Waals surface area (Å²) < 4.78 is 0. The van der Waals surface area contributed by atoms with Crippen LogP contribution in [0.5, 0.6) is 0 Å². The molecule has 20 heavy (non-hydrogen) atoms. The van der Waals surface area contributed by atoms with E-state index in [0.717, 1.165) is 0 Å². The summed E-state index contributed by atoms with van der Waals surface area (Å²) in [4.78, 5) is 47.4. The molecule has 0 saturated heterocycles. The molecular formula is C13H9NO6. The lowest BCUT2D eigenvalue weighted by Crippen LogP contribution is -2.49. The molecule has 0 aromatic heterocycles. The molecule has 0 unspecified atom stereocenters. The Morgan fingerprint density at radius 3 is 1.95 bits per heavy atom. The molecule has 2 N–H and O–H groups in total. The summed E-state index contributed by atoms with van der Waals surface area (Å²) in [6.07, 6.45) is -0.261. The summed E-state index contributed by atoms with van der Waals surface area (Å²) >= 11 is 0. The van der Waals surface area contributed by atoms with Gasteiger partial charge >= 0.3 is 11.9 Å². The Hall–Kier alpha value is -2.70. The third-order valence-electron chi connectivity index (χ3n) is 3.79. The van der Waals surface area contributed by atoms with Crippen LogP contribution < -0.4 is 0 Å². The van der Waals surface area contributed by atoms with Gasteiger partial charge in [-0.05, 0) is 18.6 Å². The number of carboxylic acid groups (broad SMARTS) is 2. The lowest BCUT2D eigenvalue weighted by atomic mass is 10.1. The smallest absolute Gasteiger partial charge is 0.331 e. The Morgan fingerprint density at radius 1 is 1.10 bits per heavy atom. The van der Waals surface area contributed by atoms with Crippen molar-refractivity contribution in [2.24, 2.45) is 5.92 Å². The fraction of sp³-hybridized carbons (Fsp3) is 0.231. The maximum absolute atomic E-state index is 12.2. The Morgan fingerprint density at radius 2 is 1.60 bits per heavy atom. The molecule has 0 spiro atoms. The van der Waals surface area contributed by atoms with Crippen molar-refractivity contribution in [3.63, 3.8) is 0 Å². The molecule has 1 fully saturated rings. The van der Waals surface area contributed by atoms with Gasteiger partial charge in [-0.1, -0.05) is 12.1 Å². The normalized spacial score (nSPS) is 27.4. The Labute approximate surface area is 112 Å². The average molecular weight is 275 g/mol. The zero-order valence-electron chi connectivity index (χ0n) is 10.1. The van der Waals surface area contributed by atoms with Crippen molar-refractivity contribution in [2.75, 3.05) is 0 Å². The minimum Gasteiger partial charge on any atom is -0.481 e. The number of nitrogens with zero attached hydrogens (tertiary/aromatic N) is 1. The molecule has 3 rings (SSSR count). The molecule has 1 aromatic carbocycles. The summed E-state index contributed by atoms with van der Waals surface area (Å²) in [5.41, 5.74) is -1.75. The number of benzene rings is 1. The van der Waals surface area contributed by atoms with Crippen molar-refractivity contribution in [1.29, 1.82) is 0 Å². The van der Waals surface area contributed by atoms with Crippen LogP contribution in [0.15, 0.2) is 24.3 Å². The van der Waals surface area contributed by atoms with Crippen LogP contribution in [0.4, 0.5) is 0 Å². The zero-order chi connectivity index (χ0) is 14.7. The fourth-order valence-corrected chi connectivity index (χ4v) is 2.67. The maximum atomic E-state index is 12.2. The molecule has 1 aromatic rings. The molecule has 7 heteroatoms. The van der Waals surface area contributed by atoms with Crippen LogP contribution >= 0.6 is 0 Å². The zero-order valence-corrected chi connectivity index (χ0v) is 10.1. The number of amides is 2. The van der Waals surface area contributed by atoms with E-state index in [4.69, 9.17) is 5.11 Å². The molecule has 1 heterocycles. The quantitative estimate of drug-likeness (QED) is 0.762. The first kappa shape index (κ1) is 12.3. The summed E-state index contributed by atoms with van der Waals surface area (Å²) in [5.74, 6) is -5.57. The van der Waals surface area contributed by atoms with E-state index in [1.807, 2.05) is 0 Å². The number of rotatable bonds is 3. The van der Waals surface area contributed by atoms with Crippen molar-refractivity contribution in [1.82, 2.24) is 4.90 Å². The first-order valence-electron chi connectivity index (χ1n) is 5.85. The minimum absolute atomic E-state index is 0.106. The fourth-order valence-electron chi connectivity index (χ4n) is 2.67. The van der Waals surface area contributed by atoms with Crippen molar-refractivity contribution in [2.45, 2.75) is 12.0 Å². The highest BCUT2D eigenvalue weighted by Gasteiger charge is 2.72. The van der Waals surface area contributed by atoms with E-state index >= 15 is 0 Å². The number of fused-ring (bicyclic) bond motifs is 1. The molecule has 1 saturated carbocycles. The van der Waals surface area contributed by atoms with Crippen molar-refractivity contribution in [3.05, 3.63) is 35.4 Å². The van der Waals surface area contributed by atoms with Crippen molar-refractivity contribution < 1.29 is 29.4 Å². The topological polar surface area (TPSA) is 112 Å². The number of carboxylic acids is 2. The third kappa shape index (κ3) is 1.29. The van der Waals surface area contributed by atoms with Crippen LogP contribution in [0.25, 0.3) is 0 Å². The molecule has 2 amide bonds. The average Bonchev–Trinajstić information content (AvgIpc) is 3.10. The van der Waals surface area contributed by atoms with Crippen LogP contribution in [0.1, 0.15) is 27.1 Å². The number of carbonyl (C=O) groups excluding carboxylic acids is 2. The van der Waals surface area contributed by atoms with E-state index < -0.39 is 35.2 Å². The second-order valence-corrected chi connectivity index (χ2v) is 4.82. The number of hydrogen-bond donors (Lipinski definition) is 2. The van der Waals surface area contributed by atoms with Crippen LogP contribution in [0.2, 0.25) is 0 Å². The number of hydrogen-bond acceptors (Lipinski definition) is 4. The van der Waals surface area contributed by atoms with E-state index in [1.165, 1.54) is 12.1 Å². The summed E-state index contributed by atoms with van der Waals surface area (Å²) in [6.45, 7) is 0. The van der Waals surface area contributed by atoms with E-state index in [9.17, 15) is 24.3 Å². The highest BCUT2D eigenvalue weighted by atomic mass is 16.4.